The first-order valence-corrected chi connectivity index (χ1v) is 7.04. The van der Waals surface area contributed by atoms with Crippen LogP contribution >= 0.6 is 0 Å². The summed E-state index contributed by atoms with van der Waals surface area (Å²) < 4.78 is 13.8. The molecule has 0 unspecified atom stereocenters. The molecule has 110 valence electrons. The number of anilines is 2. The van der Waals surface area contributed by atoms with Gasteiger partial charge in [-0.25, -0.2) is 14.4 Å². The molecule has 0 spiro atoms. The molecule has 1 aliphatic heterocycles. The number of nitrogens with two attached hydrogens (primary N) is 1. The topological polar surface area (TPSA) is 58.3 Å². The predicted octanol–water partition coefficient (Wildman–Crippen LogP) is 1.40. The van der Waals surface area contributed by atoms with Crippen LogP contribution in [-0.2, 0) is 6.54 Å². The average molecular weight is 287 g/mol. The van der Waals surface area contributed by atoms with Crippen molar-refractivity contribution in [1.82, 2.24) is 9.97 Å². The van der Waals surface area contributed by atoms with Crippen LogP contribution in [0.5, 0.6) is 0 Å². The van der Waals surface area contributed by atoms with E-state index >= 15 is 0 Å². The van der Waals surface area contributed by atoms with Crippen LogP contribution in [0.1, 0.15) is 5.56 Å². The Balaban J connectivity index is 1.73. The van der Waals surface area contributed by atoms with Crippen LogP contribution in [0.4, 0.5) is 16.0 Å². The second-order valence-electron chi connectivity index (χ2n) is 4.96. The van der Waals surface area contributed by atoms with Gasteiger partial charge in [-0.3, -0.25) is 0 Å². The van der Waals surface area contributed by atoms with Crippen molar-refractivity contribution in [1.29, 1.82) is 0 Å². The van der Waals surface area contributed by atoms with Crippen molar-refractivity contribution in [2.75, 3.05) is 36.0 Å². The predicted molar refractivity (Wildman–Crippen MR) is 80.7 cm³/mol. The summed E-state index contributed by atoms with van der Waals surface area (Å²) in [5.41, 5.74) is 7.16. The molecule has 1 saturated heterocycles. The van der Waals surface area contributed by atoms with Crippen molar-refractivity contribution in [3.8, 4) is 0 Å². The van der Waals surface area contributed by atoms with E-state index < -0.39 is 0 Å². The Bertz CT molecular complexity index is 596. The normalized spacial score (nSPS) is 15.3. The molecular formula is C15H18FN5. The number of hydrogen-bond donors (Lipinski definition) is 1. The fourth-order valence-corrected chi connectivity index (χ4v) is 2.65. The van der Waals surface area contributed by atoms with E-state index in [0.29, 0.717) is 5.56 Å². The minimum atomic E-state index is -0.233. The minimum absolute atomic E-state index is 0.212. The lowest BCUT2D eigenvalue weighted by atomic mass is 10.1. The molecule has 1 aliphatic rings. The third kappa shape index (κ3) is 2.80. The van der Waals surface area contributed by atoms with Gasteiger partial charge in [-0.1, -0.05) is 6.07 Å². The maximum atomic E-state index is 13.8. The first-order chi connectivity index (χ1) is 10.3. The van der Waals surface area contributed by atoms with Gasteiger partial charge < -0.3 is 15.5 Å². The number of nitrogens with zero attached hydrogens (tertiary/aromatic N) is 4. The molecule has 1 aromatic heterocycles. The molecular weight excluding hydrogens is 269 g/mol. The van der Waals surface area contributed by atoms with E-state index in [1.165, 1.54) is 6.07 Å². The molecule has 21 heavy (non-hydrogen) atoms. The molecule has 0 atom stereocenters. The van der Waals surface area contributed by atoms with Crippen molar-refractivity contribution < 1.29 is 4.39 Å². The number of benzene rings is 1. The number of aromatic nitrogens is 2. The average Bonchev–Trinajstić information content (AvgIpc) is 2.55. The summed E-state index contributed by atoms with van der Waals surface area (Å²) in [5, 5.41) is 0. The minimum Gasteiger partial charge on any atom is -0.368 e. The number of piperazine rings is 1. The monoisotopic (exact) mass is 287 g/mol. The van der Waals surface area contributed by atoms with E-state index in [4.69, 9.17) is 5.73 Å². The van der Waals surface area contributed by atoms with E-state index in [1.807, 2.05) is 6.07 Å². The van der Waals surface area contributed by atoms with Crippen molar-refractivity contribution >= 4 is 11.6 Å². The summed E-state index contributed by atoms with van der Waals surface area (Å²) in [6.45, 7) is 3.43. The zero-order valence-electron chi connectivity index (χ0n) is 11.7. The van der Waals surface area contributed by atoms with Gasteiger partial charge in [0.05, 0.1) is 0 Å². The summed E-state index contributed by atoms with van der Waals surface area (Å²) in [7, 11) is 0. The van der Waals surface area contributed by atoms with Gasteiger partial charge in [-0.2, -0.15) is 0 Å². The summed E-state index contributed by atoms with van der Waals surface area (Å²) in [6.07, 6.45) is 3.49. The third-order valence-corrected chi connectivity index (χ3v) is 3.75. The Morgan fingerprint density at radius 3 is 2.33 bits per heavy atom. The SMILES string of the molecule is NCc1c(F)cccc1N1CCN(c2ncccn2)CC1. The maximum absolute atomic E-state index is 13.8. The third-order valence-electron chi connectivity index (χ3n) is 3.75. The Kier molecular flexibility index (Phi) is 3.96. The van der Waals surface area contributed by atoms with Crippen LogP contribution < -0.4 is 15.5 Å². The molecule has 0 saturated carbocycles. The highest BCUT2D eigenvalue weighted by atomic mass is 19.1. The van der Waals surface area contributed by atoms with E-state index in [1.54, 1.807) is 24.5 Å². The van der Waals surface area contributed by atoms with E-state index in [2.05, 4.69) is 19.8 Å². The molecule has 0 amide bonds. The molecule has 6 heteroatoms. The Morgan fingerprint density at radius 1 is 1.00 bits per heavy atom. The van der Waals surface area contributed by atoms with E-state index in [9.17, 15) is 4.39 Å². The molecule has 2 aromatic rings. The molecule has 1 fully saturated rings. The van der Waals surface area contributed by atoms with E-state index in [-0.39, 0.29) is 12.4 Å². The quantitative estimate of drug-likeness (QED) is 0.925. The van der Waals surface area contributed by atoms with Crippen molar-refractivity contribution in [2.24, 2.45) is 5.73 Å². The zero-order valence-corrected chi connectivity index (χ0v) is 11.7. The zero-order chi connectivity index (χ0) is 14.7. The number of hydrogen-bond acceptors (Lipinski definition) is 5. The summed E-state index contributed by atoms with van der Waals surface area (Å²) in [6, 6.07) is 6.93. The van der Waals surface area contributed by atoms with Crippen LogP contribution in [0, 0.1) is 5.82 Å². The second-order valence-corrected chi connectivity index (χ2v) is 4.96. The smallest absolute Gasteiger partial charge is 0.225 e. The summed E-state index contributed by atoms with van der Waals surface area (Å²) in [4.78, 5) is 12.8. The first-order valence-electron chi connectivity index (χ1n) is 7.04. The maximum Gasteiger partial charge on any atom is 0.225 e. The molecule has 3 rings (SSSR count). The Hall–Kier alpha value is -2.21. The number of rotatable bonds is 3. The van der Waals surface area contributed by atoms with E-state index in [0.717, 1.165) is 37.8 Å². The standard InChI is InChI=1S/C15H18FN5/c16-13-3-1-4-14(12(13)11-17)20-7-9-21(10-8-20)15-18-5-2-6-19-15/h1-6H,7-11,17H2. The fourth-order valence-electron chi connectivity index (χ4n) is 2.65. The lowest BCUT2D eigenvalue weighted by Crippen LogP contribution is -2.47. The van der Waals surface area contributed by atoms with Gasteiger partial charge in [-0.15, -0.1) is 0 Å². The fraction of sp³-hybridized carbons (Fsp3) is 0.333. The molecule has 2 N–H and O–H groups in total. The van der Waals surface area contributed by atoms with Gasteiger partial charge >= 0.3 is 0 Å². The molecule has 0 aliphatic carbocycles. The summed E-state index contributed by atoms with van der Waals surface area (Å²) in [5.74, 6) is 0.513. The van der Waals surface area contributed by atoms with Gasteiger partial charge in [0.1, 0.15) is 5.82 Å². The largest absolute Gasteiger partial charge is 0.368 e. The van der Waals surface area contributed by atoms with Gasteiger partial charge in [-0.05, 0) is 18.2 Å². The highest BCUT2D eigenvalue weighted by Gasteiger charge is 2.21. The van der Waals surface area contributed by atoms with Crippen LogP contribution in [0.15, 0.2) is 36.7 Å². The molecule has 1 aromatic carbocycles. The molecule has 0 bridgehead atoms. The number of halogens is 1. The molecule has 5 nitrogen and oxygen atoms in total. The lowest BCUT2D eigenvalue weighted by Gasteiger charge is -2.36. The van der Waals surface area contributed by atoms with Crippen LogP contribution in [0.2, 0.25) is 0 Å². The van der Waals surface area contributed by atoms with Gasteiger partial charge in [0.25, 0.3) is 0 Å². The summed E-state index contributed by atoms with van der Waals surface area (Å²) >= 11 is 0. The highest BCUT2D eigenvalue weighted by molar-refractivity contribution is 5.55. The Morgan fingerprint density at radius 2 is 1.67 bits per heavy atom. The van der Waals surface area contributed by atoms with Gasteiger partial charge in [0.2, 0.25) is 5.95 Å². The van der Waals surface area contributed by atoms with Crippen LogP contribution in [-0.4, -0.2) is 36.1 Å². The van der Waals surface area contributed by atoms with Crippen LogP contribution in [0.25, 0.3) is 0 Å². The highest BCUT2D eigenvalue weighted by Crippen LogP contribution is 2.24. The lowest BCUT2D eigenvalue weighted by molar-refractivity contribution is 0.601. The van der Waals surface area contributed by atoms with Gasteiger partial charge in [0, 0.05) is 56.4 Å². The second kappa shape index (κ2) is 6.05. The van der Waals surface area contributed by atoms with Crippen molar-refractivity contribution in [3.05, 3.63) is 48.0 Å². The Labute approximate surface area is 123 Å². The molecule has 2 heterocycles. The first kappa shape index (κ1) is 13.8. The van der Waals surface area contributed by atoms with Crippen LogP contribution in [0.3, 0.4) is 0 Å². The van der Waals surface area contributed by atoms with Crippen molar-refractivity contribution in [3.63, 3.8) is 0 Å². The van der Waals surface area contributed by atoms with Gasteiger partial charge in [0.15, 0.2) is 0 Å². The van der Waals surface area contributed by atoms with Crippen molar-refractivity contribution in [2.45, 2.75) is 6.54 Å². The molecule has 0 radical (unpaired) electrons.